The molecule has 0 unspecified atom stereocenters. The number of alkyl halides is 2. The average molecular weight is 367 g/mol. The third-order valence-electron chi connectivity index (χ3n) is 4.25. The van der Waals surface area contributed by atoms with Gasteiger partial charge in [-0.2, -0.15) is 8.78 Å². The predicted octanol–water partition coefficient (Wildman–Crippen LogP) is 3.64. The second-order valence-corrected chi connectivity index (χ2v) is 7.69. The van der Waals surface area contributed by atoms with Gasteiger partial charge < -0.3 is 9.64 Å². The molecule has 0 radical (unpaired) electrons. The molecule has 0 aliphatic carbocycles. The van der Waals surface area contributed by atoms with Crippen LogP contribution in [0, 0.1) is 0 Å². The highest BCUT2D eigenvalue weighted by molar-refractivity contribution is 7.91. The Labute approximate surface area is 146 Å². The zero-order valence-electron chi connectivity index (χ0n) is 13.8. The topological polar surface area (TPSA) is 46.6 Å². The number of benzene rings is 2. The molecule has 25 heavy (non-hydrogen) atoms. The van der Waals surface area contributed by atoms with Gasteiger partial charge >= 0.3 is 5.76 Å². The summed E-state index contributed by atoms with van der Waals surface area (Å²) in [5, 5.41) is 0. The highest BCUT2D eigenvalue weighted by atomic mass is 32.2. The van der Waals surface area contributed by atoms with Crippen molar-refractivity contribution in [3.05, 3.63) is 53.6 Å². The number of fused-ring (bicyclic) bond motifs is 1. The van der Waals surface area contributed by atoms with E-state index in [9.17, 15) is 17.2 Å². The molecule has 1 aliphatic rings. The monoisotopic (exact) mass is 367 g/mol. The van der Waals surface area contributed by atoms with E-state index >= 15 is 0 Å². The van der Waals surface area contributed by atoms with Crippen LogP contribution in [0.3, 0.4) is 0 Å². The van der Waals surface area contributed by atoms with Crippen LogP contribution in [0.5, 0.6) is 5.75 Å². The molecule has 1 heterocycles. The molecule has 4 nitrogen and oxygen atoms in total. The van der Waals surface area contributed by atoms with Crippen molar-refractivity contribution >= 4 is 15.5 Å². The van der Waals surface area contributed by atoms with Gasteiger partial charge in [0.25, 0.3) is 0 Å². The van der Waals surface area contributed by atoms with Crippen LogP contribution in [0.4, 0.5) is 14.5 Å². The Bertz CT molecular complexity index is 868. The van der Waals surface area contributed by atoms with Crippen molar-refractivity contribution in [1.82, 2.24) is 0 Å². The van der Waals surface area contributed by atoms with Crippen molar-refractivity contribution in [2.24, 2.45) is 0 Å². The quantitative estimate of drug-likeness (QED) is 0.809. The summed E-state index contributed by atoms with van der Waals surface area (Å²) in [5.74, 6) is -2.69. The molecule has 0 saturated heterocycles. The van der Waals surface area contributed by atoms with Crippen molar-refractivity contribution in [3.8, 4) is 5.75 Å². The van der Waals surface area contributed by atoms with Crippen molar-refractivity contribution in [3.63, 3.8) is 0 Å². The Morgan fingerprint density at radius 3 is 2.64 bits per heavy atom. The number of sulfone groups is 1. The van der Waals surface area contributed by atoms with E-state index in [2.05, 4.69) is 0 Å². The molecular weight excluding hydrogens is 348 g/mol. The number of nitrogens with zero attached hydrogens (tertiary/aromatic N) is 1. The van der Waals surface area contributed by atoms with Gasteiger partial charge in [-0.15, -0.1) is 0 Å². The normalized spacial score (nSPS) is 14.5. The highest BCUT2D eigenvalue weighted by Crippen LogP contribution is 2.33. The Balaban J connectivity index is 1.96. The SMILES string of the molecule is CCOc1ccc2c(c1)CN(c1ccccc1S(=O)(=O)C(F)F)CC2. The van der Waals surface area contributed by atoms with E-state index in [0.717, 1.165) is 16.9 Å². The zero-order valence-corrected chi connectivity index (χ0v) is 14.6. The van der Waals surface area contributed by atoms with Gasteiger partial charge in [0.15, 0.2) is 0 Å². The second kappa shape index (κ2) is 7.00. The van der Waals surface area contributed by atoms with Crippen LogP contribution in [-0.4, -0.2) is 27.3 Å². The zero-order chi connectivity index (χ0) is 18.0. The molecule has 0 N–H and O–H groups in total. The lowest BCUT2D eigenvalue weighted by molar-refractivity contribution is 0.235. The number of anilines is 1. The number of halogens is 2. The molecule has 7 heteroatoms. The lowest BCUT2D eigenvalue weighted by atomic mass is 9.99. The first-order valence-electron chi connectivity index (χ1n) is 8.04. The first-order chi connectivity index (χ1) is 11.9. The summed E-state index contributed by atoms with van der Waals surface area (Å²) in [5.41, 5.74) is 2.49. The van der Waals surface area contributed by atoms with E-state index < -0.39 is 15.6 Å². The first kappa shape index (κ1) is 17.7. The Hall–Kier alpha value is -2.15. The minimum Gasteiger partial charge on any atom is -0.494 e. The third kappa shape index (κ3) is 3.46. The fourth-order valence-corrected chi connectivity index (χ4v) is 4.00. The fourth-order valence-electron chi connectivity index (χ4n) is 3.05. The number of para-hydroxylation sites is 1. The smallest absolute Gasteiger partial charge is 0.341 e. The van der Waals surface area contributed by atoms with Gasteiger partial charge in [0, 0.05) is 13.1 Å². The number of rotatable bonds is 5. The maximum Gasteiger partial charge on any atom is 0.341 e. The lowest BCUT2D eigenvalue weighted by Crippen LogP contribution is -2.32. The Morgan fingerprint density at radius 2 is 1.92 bits per heavy atom. The summed E-state index contributed by atoms with van der Waals surface area (Å²) >= 11 is 0. The summed E-state index contributed by atoms with van der Waals surface area (Å²) in [6.45, 7) is 3.47. The van der Waals surface area contributed by atoms with Crippen LogP contribution in [0.1, 0.15) is 18.1 Å². The Morgan fingerprint density at radius 1 is 1.16 bits per heavy atom. The molecule has 2 aromatic rings. The highest BCUT2D eigenvalue weighted by Gasteiger charge is 2.31. The van der Waals surface area contributed by atoms with Crippen LogP contribution in [0.15, 0.2) is 47.4 Å². The second-order valence-electron chi connectivity index (χ2n) is 5.81. The van der Waals surface area contributed by atoms with Gasteiger partial charge in [-0.1, -0.05) is 18.2 Å². The molecule has 134 valence electrons. The predicted molar refractivity (Wildman–Crippen MR) is 92.0 cm³/mol. The van der Waals surface area contributed by atoms with E-state index in [0.29, 0.717) is 31.8 Å². The van der Waals surface area contributed by atoms with Crippen LogP contribution in [-0.2, 0) is 22.8 Å². The average Bonchev–Trinajstić information content (AvgIpc) is 2.61. The van der Waals surface area contributed by atoms with E-state index in [4.69, 9.17) is 4.74 Å². The molecular formula is C18H19F2NO3S. The fraction of sp³-hybridized carbons (Fsp3) is 0.333. The minimum atomic E-state index is -4.65. The molecule has 1 aliphatic heterocycles. The Kier molecular flexibility index (Phi) is 4.94. The van der Waals surface area contributed by atoms with E-state index in [-0.39, 0.29) is 4.90 Å². The standard InChI is InChI=1S/C18H19F2NO3S/c1-2-24-15-8-7-13-9-10-21(12-14(13)11-15)16-5-3-4-6-17(16)25(22,23)18(19)20/h3-8,11,18H,2,9-10,12H2,1H3. The summed E-state index contributed by atoms with van der Waals surface area (Å²) < 4.78 is 55.5. The molecule has 0 bridgehead atoms. The maximum atomic E-state index is 13.0. The summed E-state index contributed by atoms with van der Waals surface area (Å²) in [7, 11) is -4.65. The largest absolute Gasteiger partial charge is 0.494 e. The molecule has 0 saturated carbocycles. The molecule has 0 atom stereocenters. The maximum absolute atomic E-state index is 13.0. The molecule has 0 amide bonds. The lowest BCUT2D eigenvalue weighted by Gasteiger charge is -2.32. The van der Waals surface area contributed by atoms with Crippen molar-refractivity contribution in [1.29, 1.82) is 0 Å². The van der Waals surface area contributed by atoms with Crippen LogP contribution < -0.4 is 9.64 Å². The first-order valence-corrected chi connectivity index (χ1v) is 9.58. The van der Waals surface area contributed by atoms with E-state index in [1.54, 1.807) is 12.1 Å². The molecule has 3 rings (SSSR count). The van der Waals surface area contributed by atoms with Crippen molar-refractivity contribution in [2.45, 2.75) is 30.5 Å². The number of hydrogen-bond donors (Lipinski definition) is 0. The van der Waals surface area contributed by atoms with Gasteiger partial charge in [-0.3, -0.25) is 0 Å². The summed E-state index contributed by atoms with van der Waals surface area (Å²) in [6.07, 6.45) is 0.713. The van der Waals surface area contributed by atoms with Crippen molar-refractivity contribution in [2.75, 3.05) is 18.1 Å². The number of ether oxygens (including phenoxy) is 1. The van der Waals surface area contributed by atoms with Gasteiger partial charge in [0.1, 0.15) is 5.75 Å². The summed E-state index contributed by atoms with van der Waals surface area (Å²) in [6, 6.07) is 11.8. The van der Waals surface area contributed by atoms with Crippen LogP contribution >= 0.6 is 0 Å². The van der Waals surface area contributed by atoms with Gasteiger partial charge in [0.2, 0.25) is 9.84 Å². The minimum absolute atomic E-state index is 0.315. The van der Waals surface area contributed by atoms with Crippen LogP contribution in [0.25, 0.3) is 0 Å². The molecule has 2 aromatic carbocycles. The van der Waals surface area contributed by atoms with E-state index in [1.165, 1.54) is 12.1 Å². The third-order valence-corrected chi connectivity index (χ3v) is 5.68. The van der Waals surface area contributed by atoms with Gasteiger partial charge in [-0.05, 0) is 48.7 Å². The molecule has 0 spiro atoms. The van der Waals surface area contributed by atoms with Gasteiger partial charge in [0.05, 0.1) is 17.2 Å². The number of hydrogen-bond acceptors (Lipinski definition) is 4. The van der Waals surface area contributed by atoms with E-state index in [1.807, 2.05) is 30.0 Å². The molecule has 0 aromatic heterocycles. The molecule has 0 fully saturated rings. The van der Waals surface area contributed by atoms with Crippen molar-refractivity contribution < 1.29 is 21.9 Å². The summed E-state index contributed by atoms with van der Waals surface area (Å²) in [4.78, 5) is 1.50. The van der Waals surface area contributed by atoms with Crippen LogP contribution in [0.2, 0.25) is 0 Å². The van der Waals surface area contributed by atoms with Gasteiger partial charge in [-0.25, -0.2) is 8.42 Å².